The number of benzene rings is 3. The third kappa shape index (κ3) is 6.04. The first-order valence-corrected chi connectivity index (χ1v) is 10.1. The molecule has 0 atom stereocenters. The van der Waals surface area contributed by atoms with Gasteiger partial charge in [0.25, 0.3) is 0 Å². The first kappa shape index (κ1) is 24.1. The number of ether oxygens (including phenoxy) is 2. The highest BCUT2D eigenvalue weighted by atomic mass is 35.5. The van der Waals surface area contributed by atoms with Gasteiger partial charge in [-0.3, -0.25) is 9.69 Å². The molecule has 3 aromatic carbocycles. The number of esters is 1. The zero-order chi connectivity index (χ0) is 24.2. The fourth-order valence-corrected chi connectivity index (χ4v) is 3.68. The van der Waals surface area contributed by atoms with Gasteiger partial charge in [0, 0.05) is 0 Å². The van der Waals surface area contributed by atoms with Crippen LogP contribution < -0.4 is 9.64 Å². The molecule has 0 aromatic heterocycles. The molecule has 0 saturated heterocycles. The minimum absolute atomic E-state index is 0.0815. The SMILES string of the molecule is COC(=O)C(=O)N(Cc1ccccc1)c1c(C)cc(-c2ccc(OC(F)(F)F)cc2)cc1Cl. The number of rotatable bonds is 5. The minimum Gasteiger partial charge on any atom is -0.462 e. The van der Waals surface area contributed by atoms with Gasteiger partial charge in [-0.25, -0.2) is 4.79 Å². The van der Waals surface area contributed by atoms with Gasteiger partial charge in [-0.05, 0) is 53.4 Å². The van der Waals surface area contributed by atoms with E-state index in [4.69, 9.17) is 11.6 Å². The Labute approximate surface area is 193 Å². The summed E-state index contributed by atoms with van der Waals surface area (Å²) in [5.74, 6) is -2.26. The maximum atomic E-state index is 12.8. The van der Waals surface area contributed by atoms with Gasteiger partial charge in [-0.15, -0.1) is 13.2 Å². The zero-order valence-electron chi connectivity index (χ0n) is 17.7. The molecule has 1 amide bonds. The third-order valence-electron chi connectivity index (χ3n) is 4.73. The quantitative estimate of drug-likeness (QED) is 0.338. The molecule has 5 nitrogen and oxygen atoms in total. The Bertz CT molecular complexity index is 1130. The van der Waals surface area contributed by atoms with Crippen molar-refractivity contribution in [2.24, 2.45) is 0 Å². The van der Waals surface area contributed by atoms with Crippen molar-refractivity contribution >= 4 is 29.2 Å². The van der Waals surface area contributed by atoms with Crippen molar-refractivity contribution in [2.45, 2.75) is 19.8 Å². The number of hydrogen-bond donors (Lipinski definition) is 0. The smallest absolute Gasteiger partial charge is 0.462 e. The van der Waals surface area contributed by atoms with Gasteiger partial charge in [0.1, 0.15) is 5.75 Å². The van der Waals surface area contributed by atoms with Gasteiger partial charge in [0.15, 0.2) is 0 Å². The van der Waals surface area contributed by atoms with Crippen molar-refractivity contribution in [2.75, 3.05) is 12.0 Å². The van der Waals surface area contributed by atoms with Crippen molar-refractivity contribution in [1.82, 2.24) is 0 Å². The van der Waals surface area contributed by atoms with E-state index in [2.05, 4.69) is 9.47 Å². The van der Waals surface area contributed by atoms with Crippen LogP contribution in [0.5, 0.6) is 5.75 Å². The van der Waals surface area contributed by atoms with Gasteiger partial charge in [0.05, 0.1) is 24.4 Å². The Morgan fingerprint density at radius 1 is 0.970 bits per heavy atom. The average Bonchev–Trinajstić information content (AvgIpc) is 2.77. The van der Waals surface area contributed by atoms with Crippen LogP contribution >= 0.6 is 11.6 Å². The van der Waals surface area contributed by atoms with Crippen LogP contribution in [-0.4, -0.2) is 25.3 Å². The number of halogens is 4. The summed E-state index contributed by atoms with van der Waals surface area (Å²) < 4.78 is 45.7. The van der Waals surface area contributed by atoms with Crippen LogP contribution in [0.15, 0.2) is 66.7 Å². The van der Waals surface area contributed by atoms with E-state index in [1.54, 1.807) is 43.3 Å². The number of hydrogen-bond acceptors (Lipinski definition) is 4. The molecule has 172 valence electrons. The van der Waals surface area contributed by atoms with Gasteiger partial charge in [0.2, 0.25) is 0 Å². The van der Waals surface area contributed by atoms with Crippen LogP contribution in [0, 0.1) is 6.92 Å². The number of carbonyl (C=O) groups excluding carboxylic acids is 2. The molecular formula is C24H19ClF3NO4. The van der Waals surface area contributed by atoms with Crippen molar-refractivity contribution in [3.05, 3.63) is 82.9 Å². The van der Waals surface area contributed by atoms with E-state index in [9.17, 15) is 22.8 Å². The lowest BCUT2D eigenvalue weighted by Gasteiger charge is -2.25. The van der Waals surface area contributed by atoms with E-state index in [0.29, 0.717) is 22.4 Å². The second-order valence-corrected chi connectivity index (χ2v) is 7.47. The summed E-state index contributed by atoms with van der Waals surface area (Å²) in [5.41, 5.74) is 2.90. The molecule has 0 saturated carbocycles. The predicted molar refractivity (Wildman–Crippen MR) is 118 cm³/mol. The summed E-state index contributed by atoms with van der Waals surface area (Å²) in [6, 6.07) is 17.7. The molecule has 3 rings (SSSR count). The molecule has 33 heavy (non-hydrogen) atoms. The first-order chi connectivity index (χ1) is 15.6. The largest absolute Gasteiger partial charge is 0.573 e. The van der Waals surface area contributed by atoms with E-state index >= 15 is 0 Å². The highest BCUT2D eigenvalue weighted by Crippen LogP contribution is 2.36. The van der Waals surface area contributed by atoms with Crippen molar-refractivity contribution < 1.29 is 32.2 Å². The summed E-state index contributed by atoms with van der Waals surface area (Å²) in [6.45, 7) is 1.80. The second-order valence-electron chi connectivity index (χ2n) is 7.06. The molecule has 9 heteroatoms. The normalized spacial score (nSPS) is 11.1. The number of carbonyl (C=O) groups is 2. The van der Waals surface area contributed by atoms with E-state index in [1.807, 2.05) is 6.07 Å². The molecule has 3 aromatic rings. The predicted octanol–water partition coefficient (Wildman–Crippen LogP) is 5.92. The number of aryl methyl sites for hydroxylation is 1. The van der Waals surface area contributed by atoms with Crippen LogP contribution in [0.1, 0.15) is 11.1 Å². The van der Waals surface area contributed by atoms with Gasteiger partial charge < -0.3 is 9.47 Å². The highest BCUT2D eigenvalue weighted by Gasteiger charge is 2.31. The number of alkyl halides is 3. The summed E-state index contributed by atoms with van der Waals surface area (Å²) in [6.07, 6.45) is -4.78. The molecule has 0 N–H and O–H groups in total. The van der Waals surface area contributed by atoms with Crippen LogP contribution in [-0.2, 0) is 20.9 Å². The minimum atomic E-state index is -4.78. The molecule has 0 unspecified atom stereocenters. The van der Waals surface area contributed by atoms with E-state index in [0.717, 1.165) is 12.7 Å². The number of amides is 1. The van der Waals surface area contributed by atoms with Gasteiger partial charge in [-0.2, -0.15) is 0 Å². The molecule has 0 heterocycles. The van der Waals surface area contributed by atoms with Crippen molar-refractivity contribution in [1.29, 1.82) is 0 Å². The average molecular weight is 478 g/mol. The van der Waals surface area contributed by atoms with E-state index < -0.39 is 18.2 Å². The Hall–Kier alpha value is -3.52. The summed E-state index contributed by atoms with van der Waals surface area (Å²) in [4.78, 5) is 26.0. The third-order valence-corrected chi connectivity index (χ3v) is 5.02. The lowest BCUT2D eigenvalue weighted by Crippen LogP contribution is -2.37. The zero-order valence-corrected chi connectivity index (χ0v) is 18.4. The Kier molecular flexibility index (Phi) is 7.28. The Morgan fingerprint density at radius 3 is 2.15 bits per heavy atom. The number of nitrogens with zero attached hydrogens (tertiary/aromatic N) is 1. The fourth-order valence-electron chi connectivity index (χ4n) is 3.31. The number of methoxy groups -OCH3 is 1. The Balaban J connectivity index is 1.98. The van der Waals surface area contributed by atoms with Gasteiger partial charge >= 0.3 is 18.2 Å². The monoisotopic (exact) mass is 477 g/mol. The summed E-state index contributed by atoms with van der Waals surface area (Å²) in [5, 5.41) is 0.189. The van der Waals surface area contributed by atoms with Crippen LogP contribution in [0.25, 0.3) is 11.1 Å². The maximum absolute atomic E-state index is 12.8. The number of anilines is 1. The van der Waals surface area contributed by atoms with Crippen molar-refractivity contribution in [3.8, 4) is 16.9 Å². The maximum Gasteiger partial charge on any atom is 0.573 e. The van der Waals surface area contributed by atoms with Crippen LogP contribution in [0.3, 0.4) is 0 Å². The standard InChI is InChI=1S/C24H19ClF3NO4/c1-15-12-18(17-8-10-19(11-9-17)33-24(26,27)28)13-20(25)21(15)29(22(30)23(31)32-2)14-16-6-4-3-5-7-16/h3-13H,14H2,1-2H3. The lowest BCUT2D eigenvalue weighted by atomic mass is 10.0. The van der Waals surface area contributed by atoms with E-state index in [1.165, 1.54) is 29.2 Å². The molecule has 0 radical (unpaired) electrons. The topological polar surface area (TPSA) is 55.8 Å². The summed E-state index contributed by atoms with van der Waals surface area (Å²) in [7, 11) is 1.12. The molecule has 0 aliphatic heterocycles. The van der Waals surface area contributed by atoms with Crippen molar-refractivity contribution in [3.63, 3.8) is 0 Å². The second kappa shape index (κ2) is 9.95. The first-order valence-electron chi connectivity index (χ1n) is 9.69. The van der Waals surface area contributed by atoms with Gasteiger partial charge in [-0.1, -0.05) is 54.1 Å². The molecule has 0 fully saturated rings. The summed E-state index contributed by atoms with van der Waals surface area (Å²) >= 11 is 6.54. The van der Waals surface area contributed by atoms with Crippen LogP contribution in [0.2, 0.25) is 5.02 Å². The fraction of sp³-hybridized carbons (Fsp3) is 0.167. The molecule has 0 aliphatic rings. The molecule has 0 spiro atoms. The highest BCUT2D eigenvalue weighted by molar-refractivity contribution is 6.40. The lowest BCUT2D eigenvalue weighted by molar-refractivity contribution is -0.274. The van der Waals surface area contributed by atoms with E-state index in [-0.39, 0.29) is 17.3 Å². The molecule has 0 aliphatic carbocycles. The molecular weight excluding hydrogens is 459 g/mol. The van der Waals surface area contributed by atoms with Crippen LogP contribution in [0.4, 0.5) is 18.9 Å². The molecule has 0 bridgehead atoms. The Morgan fingerprint density at radius 2 is 1.61 bits per heavy atom.